The number of rotatable bonds is 9. The van der Waals surface area contributed by atoms with Crippen LogP contribution in [0.5, 0.6) is 0 Å². The predicted octanol–water partition coefficient (Wildman–Crippen LogP) is 4.11. The highest BCUT2D eigenvalue weighted by molar-refractivity contribution is 7.02. The van der Waals surface area contributed by atoms with Crippen molar-refractivity contribution in [3.63, 3.8) is 0 Å². The Morgan fingerprint density at radius 1 is 0.926 bits per heavy atom. The molecule has 0 aromatic heterocycles. The Bertz CT molecular complexity index is 713. The molecule has 0 atom stereocenters. The van der Waals surface area contributed by atoms with Crippen molar-refractivity contribution in [2.45, 2.75) is 39.0 Å². The normalized spacial score (nSPS) is 11.9. The standard InChI is InChI=1S/C22H30O3Si2/c1-19(2)22(23)24-17-12-18-27(25-26(3,4)5,20-13-8-6-9-14-20)21-15-10-7-11-16-21/h6-11,13-16H,1,12,17-18H2,2-5H3. The lowest BCUT2D eigenvalue weighted by Gasteiger charge is -2.38. The maximum atomic E-state index is 11.7. The second-order valence-electron chi connectivity index (χ2n) is 7.79. The number of esters is 1. The molecule has 0 radical (unpaired) electrons. The van der Waals surface area contributed by atoms with Crippen molar-refractivity contribution in [3.8, 4) is 0 Å². The quantitative estimate of drug-likeness (QED) is 0.276. The summed E-state index contributed by atoms with van der Waals surface area (Å²) in [5.41, 5.74) is 0.433. The second-order valence-corrected chi connectivity index (χ2v) is 16.1. The molecule has 0 amide bonds. The smallest absolute Gasteiger partial charge is 0.333 e. The van der Waals surface area contributed by atoms with Gasteiger partial charge in [0, 0.05) is 5.57 Å². The van der Waals surface area contributed by atoms with Crippen LogP contribution >= 0.6 is 0 Å². The van der Waals surface area contributed by atoms with Gasteiger partial charge in [0.25, 0.3) is 0 Å². The maximum Gasteiger partial charge on any atom is 0.333 e. The van der Waals surface area contributed by atoms with Crippen LogP contribution in [-0.2, 0) is 13.6 Å². The van der Waals surface area contributed by atoms with Gasteiger partial charge in [-0.05, 0) is 49.4 Å². The molecule has 5 heteroatoms. The number of benzene rings is 2. The molecule has 2 rings (SSSR count). The minimum absolute atomic E-state index is 0.326. The summed E-state index contributed by atoms with van der Waals surface area (Å²) >= 11 is 0. The van der Waals surface area contributed by atoms with Crippen LogP contribution < -0.4 is 10.4 Å². The van der Waals surface area contributed by atoms with Gasteiger partial charge < -0.3 is 8.85 Å². The zero-order valence-corrected chi connectivity index (χ0v) is 18.8. The highest BCUT2D eigenvalue weighted by Gasteiger charge is 2.42. The molecule has 0 aliphatic rings. The Balaban J connectivity index is 2.36. The van der Waals surface area contributed by atoms with Gasteiger partial charge in [0.2, 0.25) is 8.32 Å². The van der Waals surface area contributed by atoms with Crippen molar-refractivity contribution in [2.75, 3.05) is 6.61 Å². The van der Waals surface area contributed by atoms with Crippen molar-refractivity contribution in [2.24, 2.45) is 0 Å². The van der Waals surface area contributed by atoms with Gasteiger partial charge in [-0.3, -0.25) is 0 Å². The molecule has 0 unspecified atom stereocenters. The predicted molar refractivity (Wildman–Crippen MR) is 118 cm³/mol. The molecule has 2 aromatic carbocycles. The van der Waals surface area contributed by atoms with Crippen molar-refractivity contribution in [1.82, 2.24) is 0 Å². The Hall–Kier alpha value is -1.96. The van der Waals surface area contributed by atoms with E-state index in [1.165, 1.54) is 10.4 Å². The van der Waals surface area contributed by atoms with Gasteiger partial charge in [-0.25, -0.2) is 4.79 Å². The van der Waals surface area contributed by atoms with Gasteiger partial charge in [-0.2, -0.15) is 0 Å². The lowest BCUT2D eigenvalue weighted by Crippen LogP contribution is -2.64. The van der Waals surface area contributed by atoms with Crippen LogP contribution in [0.15, 0.2) is 72.8 Å². The Morgan fingerprint density at radius 3 is 1.81 bits per heavy atom. The van der Waals surface area contributed by atoms with Crippen LogP contribution in [0.1, 0.15) is 13.3 Å². The first-order valence-electron chi connectivity index (χ1n) is 9.38. The zero-order chi connectivity index (χ0) is 19.9. The molecule has 0 bridgehead atoms. The van der Waals surface area contributed by atoms with Crippen LogP contribution in [0.25, 0.3) is 0 Å². The fourth-order valence-corrected chi connectivity index (χ4v) is 11.7. The van der Waals surface area contributed by atoms with E-state index in [0.29, 0.717) is 12.2 Å². The summed E-state index contributed by atoms with van der Waals surface area (Å²) in [7, 11) is -4.25. The molecule has 0 heterocycles. The van der Waals surface area contributed by atoms with Gasteiger partial charge >= 0.3 is 5.97 Å². The number of hydrogen-bond acceptors (Lipinski definition) is 3. The lowest BCUT2D eigenvalue weighted by molar-refractivity contribution is -0.138. The number of ether oxygens (including phenoxy) is 1. The molecule has 0 saturated heterocycles. The van der Waals surface area contributed by atoms with Crippen LogP contribution in [0, 0.1) is 0 Å². The average molecular weight is 399 g/mol. The summed E-state index contributed by atoms with van der Waals surface area (Å²) in [4.78, 5) is 11.7. The summed E-state index contributed by atoms with van der Waals surface area (Å²) in [5.74, 6) is -0.326. The van der Waals surface area contributed by atoms with E-state index in [0.717, 1.165) is 12.5 Å². The minimum Gasteiger partial charge on any atom is -0.462 e. The summed E-state index contributed by atoms with van der Waals surface area (Å²) < 4.78 is 12.3. The van der Waals surface area contributed by atoms with E-state index in [-0.39, 0.29) is 5.97 Å². The van der Waals surface area contributed by atoms with E-state index in [4.69, 9.17) is 8.85 Å². The SMILES string of the molecule is C=C(C)C(=O)OCCC[Si](O[Si](C)(C)C)(c1ccccc1)c1ccccc1. The first-order chi connectivity index (χ1) is 12.7. The third kappa shape index (κ3) is 6.02. The number of hydrogen-bond donors (Lipinski definition) is 0. The highest BCUT2D eigenvalue weighted by atomic mass is 28.4. The Kier molecular flexibility index (Phi) is 7.36. The Labute approximate surface area is 165 Å². The third-order valence-corrected chi connectivity index (χ3v) is 11.6. The average Bonchev–Trinajstić information content (AvgIpc) is 2.64. The van der Waals surface area contributed by atoms with Crippen molar-refractivity contribution < 1.29 is 13.6 Å². The molecule has 2 aromatic rings. The van der Waals surface area contributed by atoms with Crippen LogP contribution in [-0.4, -0.2) is 29.2 Å². The summed E-state index contributed by atoms with van der Waals surface area (Å²) in [6.45, 7) is 12.4. The van der Waals surface area contributed by atoms with Gasteiger partial charge in [0.1, 0.15) is 0 Å². The second kappa shape index (κ2) is 9.30. The van der Waals surface area contributed by atoms with Gasteiger partial charge in [0.15, 0.2) is 8.32 Å². The first-order valence-corrected chi connectivity index (χ1v) is 14.9. The lowest BCUT2D eigenvalue weighted by atomic mass is 10.4. The molecule has 0 spiro atoms. The highest BCUT2D eigenvalue weighted by Crippen LogP contribution is 2.21. The Morgan fingerprint density at radius 2 is 1.41 bits per heavy atom. The van der Waals surface area contributed by atoms with E-state index in [1.807, 2.05) is 12.1 Å². The largest absolute Gasteiger partial charge is 0.462 e. The van der Waals surface area contributed by atoms with Crippen molar-refractivity contribution in [3.05, 3.63) is 72.8 Å². The molecule has 27 heavy (non-hydrogen) atoms. The summed E-state index contributed by atoms with van der Waals surface area (Å²) in [5, 5.41) is 2.54. The fraction of sp³-hybridized carbons (Fsp3) is 0.318. The molecule has 0 aliphatic heterocycles. The van der Waals surface area contributed by atoms with Crippen LogP contribution in [0.4, 0.5) is 0 Å². The third-order valence-electron chi connectivity index (χ3n) is 4.22. The zero-order valence-electron chi connectivity index (χ0n) is 16.8. The minimum atomic E-state index is -2.43. The van der Waals surface area contributed by atoms with Gasteiger partial charge in [0.05, 0.1) is 6.61 Å². The molecular weight excluding hydrogens is 368 g/mol. The van der Waals surface area contributed by atoms with Gasteiger partial charge in [-0.1, -0.05) is 67.2 Å². The molecule has 0 fully saturated rings. The van der Waals surface area contributed by atoms with E-state index in [9.17, 15) is 4.79 Å². The van der Waals surface area contributed by atoms with Crippen molar-refractivity contribution >= 4 is 33.0 Å². The first kappa shape index (κ1) is 21.3. The van der Waals surface area contributed by atoms with Gasteiger partial charge in [-0.15, -0.1) is 0 Å². The topological polar surface area (TPSA) is 35.5 Å². The van der Waals surface area contributed by atoms with Crippen LogP contribution in [0.3, 0.4) is 0 Å². The van der Waals surface area contributed by atoms with E-state index < -0.39 is 16.6 Å². The van der Waals surface area contributed by atoms with E-state index >= 15 is 0 Å². The summed E-state index contributed by atoms with van der Waals surface area (Å²) in [6, 6.07) is 22.0. The maximum absolute atomic E-state index is 11.7. The molecule has 144 valence electrons. The van der Waals surface area contributed by atoms with E-state index in [2.05, 4.69) is 74.8 Å². The molecular formula is C22H30O3Si2. The molecule has 3 nitrogen and oxygen atoms in total. The molecule has 0 saturated carbocycles. The van der Waals surface area contributed by atoms with Crippen molar-refractivity contribution in [1.29, 1.82) is 0 Å². The number of carbonyl (C=O) groups is 1. The molecule has 0 N–H and O–H groups in total. The van der Waals surface area contributed by atoms with Crippen LogP contribution in [0.2, 0.25) is 25.7 Å². The fourth-order valence-electron chi connectivity index (χ4n) is 3.17. The monoisotopic (exact) mass is 398 g/mol. The molecule has 0 aliphatic carbocycles. The summed E-state index contributed by atoms with van der Waals surface area (Å²) in [6.07, 6.45) is 0.763. The number of carbonyl (C=O) groups excluding carboxylic acids is 1. The van der Waals surface area contributed by atoms with E-state index in [1.54, 1.807) is 6.92 Å².